The lowest BCUT2D eigenvalue weighted by atomic mass is 9.97. The molecule has 6 atom stereocenters. The molecule has 0 aliphatic heterocycles. The summed E-state index contributed by atoms with van der Waals surface area (Å²) in [5.41, 5.74) is 5.89. The molecule has 6 unspecified atom stereocenters. The summed E-state index contributed by atoms with van der Waals surface area (Å²) in [7, 11) is 0. The quantitative estimate of drug-likeness (QED) is 0.188. The average molecular weight is 418 g/mol. The number of rotatable bonds is 12. The van der Waals surface area contributed by atoms with Crippen LogP contribution in [0.4, 0.5) is 0 Å². The number of amides is 3. The second-order valence-electron chi connectivity index (χ2n) is 7.45. The third-order valence-corrected chi connectivity index (χ3v) is 4.67. The van der Waals surface area contributed by atoms with Gasteiger partial charge in [0.05, 0.1) is 18.8 Å². The Morgan fingerprint density at radius 1 is 0.897 bits per heavy atom. The van der Waals surface area contributed by atoms with E-state index in [4.69, 9.17) is 15.9 Å². The minimum absolute atomic E-state index is 0.103. The first kappa shape index (κ1) is 26.8. The predicted molar refractivity (Wildman–Crippen MR) is 104 cm³/mol. The number of carboxylic acids is 1. The summed E-state index contributed by atoms with van der Waals surface area (Å²) in [6, 6.07) is -4.92. The van der Waals surface area contributed by atoms with Crippen LogP contribution < -0.4 is 21.7 Å². The highest BCUT2D eigenvalue weighted by atomic mass is 16.4. The molecular formula is C18H34N4O7. The largest absolute Gasteiger partial charge is 0.480 e. The van der Waals surface area contributed by atoms with Gasteiger partial charge in [0.25, 0.3) is 0 Å². The van der Waals surface area contributed by atoms with Crippen LogP contribution in [0.2, 0.25) is 0 Å². The van der Waals surface area contributed by atoms with E-state index in [0.29, 0.717) is 6.42 Å². The lowest BCUT2D eigenvalue weighted by Crippen LogP contribution is -2.61. The summed E-state index contributed by atoms with van der Waals surface area (Å²) in [5, 5.41) is 34.7. The zero-order valence-corrected chi connectivity index (χ0v) is 17.5. The number of hydrogen-bond acceptors (Lipinski definition) is 7. The molecule has 0 saturated carbocycles. The number of nitrogens with two attached hydrogens (primary N) is 1. The summed E-state index contributed by atoms with van der Waals surface area (Å²) >= 11 is 0. The summed E-state index contributed by atoms with van der Waals surface area (Å²) in [6.07, 6.45) is -0.689. The van der Waals surface area contributed by atoms with Crippen LogP contribution in [-0.2, 0) is 19.2 Å². The fourth-order valence-corrected chi connectivity index (χ4v) is 2.39. The first-order valence-electron chi connectivity index (χ1n) is 9.55. The van der Waals surface area contributed by atoms with E-state index in [1.165, 1.54) is 6.92 Å². The van der Waals surface area contributed by atoms with Gasteiger partial charge in [-0.05, 0) is 18.8 Å². The molecule has 29 heavy (non-hydrogen) atoms. The Morgan fingerprint density at radius 3 is 1.76 bits per heavy atom. The molecule has 11 heteroatoms. The van der Waals surface area contributed by atoms with Crippen LogP contribution >= 0.6 is 0 Å². The zero-order chi connectivity index (χ0) is 22.9. The van der Waals surface area contributed by atoms with Gasteiger partial charge in [-0.2, -0.15) is 0 Å². The van der Waals surface area contributed by atoms with Gasteiger partial charge in [0.15, 0.2) is 0 Å². The van der Waals surface area contributed by atoms with Gasteiger partial charge >= 0.3 is 5.97 Å². The van der Waals surface area contributed by atoms with E-state index in [1.54, 1.807) is 13.8 Å². The van der Waals surface area contributed by atoms with Crippen molar-refractivity contribution in [1.29, 1.82) is 0 Å². The summed E-state index contributed by atoms with van der Waals surface area (Å²) in [5.74, 6) is -4.17. The highest BCUT2D eigenvalue weighted by molar-refractivity contribution is 5.94. The Morgan fingerprint density at radius 2 is 1.38 bits per heavy atom. The van der Waals surface area contributed by atoms with Crippen molar-refractivity contribution in [2.75, 3.05) is 6.61 Å². The van der Waals surface area contributed by atoms with Crippen LogP contribution in [0.15, 0.2) is 0 Å². The number of aliphatic hydroxyl groups excluding tert-OH is 2. The molecule has 3 amide bonds. The fraction of sp³-hybridized carbons (Fsp3) is 0.778. The molecule has 0 saturated heterocycles. The lowest BCUT2D eigenvalue weighted by Gasteiger charge is -2.28. The summed E-state index contributed by atoms with van der Waals surface area (Å²) < 4.78 is 0. The van der Waals surface area contributed by atoms with E-state index in [-0.39, 0.29) is 11.8 Å². The smallest absolute Gasteiger partial charge is 0.328 e. The van der Waals surface area contributed by atoms with Crippen LogP contribution in [0, 0.1) is 11.8 Å². The normalized spacial score (nSPS) is 17.4. The Kier molecular flexibility index (Phi) is 11.4. The summed E-state index contributed by atoms with van der Waals surface area (Å²) in [4.78, 5) is 48.2. The van der Waals surface area contributed by atoms with Crippen molar-refractivity contribution in [3.8, 4) is 0 Å². The number of aliphatic hydroxyl groups is 2. The maximum absolute atomic E-state index is 12.7. The van der Waals surface area contributed by atoms with Crippen molar-refractivity contribution in [2.24, 2.45) is 17.6 Å². The molecular weight excluding hydrogens is 384 g/mol. The molecule has 0 aliphatic rings. The van der Waals surface area contributed by atoms with E-state index in [9.17, 15) is 24.3 Å². The molecule has 8 N–H and O–H groups in total. The minimum atomic E-state index is -1.59. The molecule has 0 aromatic heterocycles. The van der Waals surface area contributed by atoms with Gasteiger partial charge in [0, 0.05) is 0 Å². The van der Waals surface area contributed by atoms with Gasteiger partial charge in [-0.3, -0.25) is 14.4 Å². The molecule has 0 spiro atoms. The van der Waals surface area contributed by atoms with Gasteiger partial charge in [0.1, 0.15) is 18.1 Å². The van der Waals surface area contributed by atoms with Crippen molar-refractivity contribution in [1.82, 2.24) is 16.0 Å². The van der Waals surface area contributed by atoms with Gasteiger partial charge in [0.2, 0.25) is 17.7 Å². The maximum atomic E-state index is 12.7. The first-order valence-corrected chi connectivity index (χ1v) is 9.55. The molecule has 0 bridgehead atoms. The Hall–Kier alpha value is -2.24. The van der Waals surface area contributed by atoms with E-state index in [0.717, 1.165) is 0 Å². The standard InChI is InChI=1S/C18H34N4O7/c1-6-9(4)12(19)15(25)21-13(8(2)3)16(26)22-14(10(5)24)17(27)20-11(7-23)18(28)29/h8-14,23-24H,6-7,19H2,1-5H3,(H,20,27)(H,21,25)(H,22,26)(H,28,29). The molecule has 0 radical (unpaired) electrons. The number of carbonyl (C=O) groups is 4. The number of aliphatic carboxylic acids is 1. The van der Waals surface area contributed by atoms with Crippen LogP contribution in [0.3, 0.4) is 0 Å². The number of carbonyl (C=O) groups excluding carboxylic acids is 3. The second kappa shape index (κ2) is 12.3. The van der Waals surface area contributed by atoms with E-state index in [1.807, 2.05) is 19.2 Å². The molecule has 0 aliphatic carbocycles. The minimum Gasteiger partial charge on any atom is -0.480 e. The van der Waals surface area contributed by atoms with E-state index in [2.05, 4.69) is 10.6 Å². The van der Waals surface area contributed by atoms with Crippen LogP contribution in [-0.4, -0.2) is 75.9 Å². The van der Waals surface area contributed by atoms with Crippen molar-refractivity contribution in [3.05, 3.63) is 0 Å². The van der Waals surface area contributed by atoms with Crippen LogP contribution in [0.25, 0.3) is 0 Å². The molecule has 0 rings (SSSR count). The van der Waals surface area contributed by atoms with Crippen molar-refractivity contribution >= 4 is 23.7 Å². The topological polar surface area (TPSA) is 191 Å². The lowest BCUT2D eigenvalue weighted by molar-refractivity contribution is -0.144. The van der Waals surface area contributed by atoms with Crippen molar-refractivity contribution in [2.45, 2.75) is 71.3 Å². The van der Waals surface area contributed by atoms with E-state index >= 15 is 0 Å². The SMILES string of the molecule is CCC(C)C(N)C(=O)NC(C(=O)NC(C(=O)NC(CO)C(=O)O)C(C)O)C(C)C. The molecule has 0 aromatic carbocycles. The molecule has 11 nitrogen and oxygen atoms in total. The first-order chi connectivity index (χ1) is 13.4. The molecule has 0 aromatic rings. The average Bonchev–Trinajstić information content (AvgIpc) is 2.65. The van der Waals surface area contributed by atoms with Gasteiger partial charge in [-0.25, -0.2) is 4.79 Å². The monoisotopic (exact) mass is 418 g/mol. The van der Waals surface area contributed by atoms with Crippen LogP contribution in [0.1, 0.15) is 41.0 Å². The Balaban J connectivity index is 5.31. The predicted octanol–water partition coefficient (Wildman–Crippen LogP) is -2.07. The Bertz CT molecular complexity index is 583. The third kappa shape index (κ3) is 8.34. The van der Waals surface area contributed by atoms with Crippen molar-refractivity contribution in [3.63, 3.8) is 0 Å². The highest BCUT2D eigenvalue weighted by Gasteiger charge is 2.34. The third-order valence-electron chi connectivity index (χ3n) is 4.67. The van der Waals surface area contributed by atoms with Gasteiger partial charge < -0.3 is 37.0 Å². The highest BCUT2D eigenvalue weighted by Crippen LogP contribution is 2.09. The summed E-state index contributed by atoms with van der Waals surface area (Å²) in [6.45, 7) is 7.43. The number of nitrogens with one attached hydrogen (secondary N) is 3. The van der Waals surface area contributed by atoms with Crippen molar-refractivity contribution < 1.29 is 34.5 Å². The zero-order valence-electron chi connectivity index (χ0n) is 17.5. The Labute approximate surface area is 170 Å². The van der Waals surface area contributed by atoms with E-state index < -0.39 is 60.6 Å². The number of carboxylic acid groups (broad SMARTS) is 1. The number of hydrogen-bond donors (Lipinski definition) is 7. The molecule has 0 fully saturated rings. The second-order valence-corrected chi connectivity index (χ2v) is 7.45. The fourth-order valence-electron chi connectivity index (χ4n) is 2.39. The van der Waals surface area contributed by atoms with Gasteiger partial charge in [-0.1, -0.05) is 34.1 Å². The van der Waals surface area contributed by atoms with Crippen LogP contribution in [0.5, 0.6) is 0 Å². The van der Waals surface area contributed by atoms with Gasteiger partial charge in [-0.15, -0.1) is 0 Å². The maximum Gasteiger partial charge on any atom is 0.328 e. The molecule has 168 valence electrons. The molecule has 0 heterocycles.